The summed E-state index contributed by atoms with van der Waals surface area (Å²) in [5, 5.41) is 41.5. The number of amides is 1. The second-order valence-corrected chi connectivity index (χ2v) is 11.1. The number of esters is 1. The van der Waals surface area contributed by atoms with Crippen LogP contribution >= 0.6 is 0 Å². The molecule has 6 N–H and O–H groups in total. The van der Waals surface area contributed by atoms with Crippen LogP contribution < -0.4 is 15.4 Å². The molecule has 46 heavy (non-hydrogen) atoms. The topological polar surface area (TPSA) is 172 Å². The van der Waals surface area contributed by atoms with Crippen molar-refractivity contribution in [2.45, 2.75) is 55.7 Å². The number of anilines is 1. The molecule has 1 amide bonds. The molecule has 3 aromatic rings. The monoisotopic (exact) mass is 634 g/mol. The van der Waals surface area contributed by atoms with Crippen LogP contribution in [0, 0.1) is 23.6 Å². The van der Waals surface area contributed by atoms with Crippen LogP contribution in [0.15, 0.2) is 72.8 Å². The van der Waals surface area contributed by atoms with Crippen molar-refractivity contribution in [2.75, 3.05) is 18.6 Å². The second-order valence-electron chi connectivity index (χ2n) is 11.1. The van der Waals surface area contributed by atoms with Crippen molar-refractivity contribution in [2.24, 2.45) is 11.7 Å². The number of hydrogen-bond donors (Lipinski definition) is 5. The third-order valence-corrected chi connectivity index (χ3v) is 8.18. The van der Waals surface area contributed by atoms with Crippen LogP contribution in [0.3, 0.4) is 0 Å². The molecule has 5 rings (SSSR count). The van der Waals surface area contributed by atoms with Gasteiger partial charge < -0.3 is 45.3 Å². The fraction of sp³-hybridized carbons (Fsp3) is 0.353. The number of benzene rings is 3. The predicted octanol–water partition coefficient (Wildman–Crippen LogP) is 1.71. The molecule has 0 spiro atoms. The van der Waals surface area contributed by atoms with E-state index in [1.807, 2.05) is 0 Å². The van der Waals surface area contributed by atoms with Crippen LogP contribution in [0.2, 0.25) is 0 Å². The smallest absolute Gasteiger partial charge is 0.337 e. The average molecular weight is 635 g/mol. The van der Waals surface area contributed by atoms with E-state index in [0.717, 1.165) is 18.2 Å². The Balaban J connectivity index is 1.35. The summed E-state index contributed by atoms with van der Waals surface area (Å²) in [6.45, 7) is 0.222. The number of methoxy groups -OCH3 is 1. The van der Waals surface area contributed by atoms with Gasteiger partial charge in [-0.3, -0.25) is 4.79 Å². The molecule has 2 heterocycles. The molecule has 2 fully saturated rings. The van der Waals surface area contributed by atoms with Gasteiger partial charge in [0.1, 0.15) is 29.9 Å². The summed E-state index contributed by atoms with van der Waals surface area (Å²) in [6, 6.07) is 19.0. The summed E-state index contributed by atoms with van der Waals surface area (Å²) in [7, 11) is 1.10. The number of ether oxygens (including phenoxy) is 3. The van der Waals surface area contributed by atoms with Crippen LogP contribution in [0.4, 0.5) is 10.1 Å². The summed E-state index contributed by atoms with van der Waals surface area (Å²) < 4.78 is 29.1. The van der Waals surface area contributed by atoms with E-state index in [-0.39, 0.29) is 24.6 Å². The molecule has 2 saturated heterocycles. The normalized spacial score (nSPS) is 26.4. The quantitative estimate of drug-likeness (QED) is 0.133. The molecule has 3 aromatic carbocycles. The van der Waals surface area contributed by atoms with Gasteiger partial charge in [-0.15, -0.1) is 0 Å². The molecule has 2 aliphatic rings. The maximum atomic E-state index is 13.5. The van der Waals surface area contributed by atoms with Gasteiger partial charge in [0, 0.05) is 11.3 Å². The maximum Gasteiger partial charge on any atom is 0.337 e. The van der Waals surface area contributed by atoms with Gasteiger partial charge >= 0.3 is 5.97 Å². The lowest BCUT2D eigenvalue weighted by Crippen LogP contribution is -2.61. The lowest BCUT2D eigenvalue weighted by Gasteiger charge is -2.48. The molecule has 0 unspecified atom stereocenters. The lowest BCUT2D eigenvalue weighted by atomic mass is 9.78. The maximum absolute atomic E-state index is 13.5. The third-order valence-electron chi connectivity index (χ3n) is 8.18. The summed E-state index contributed by atoms with van der Waals surface area (Å²) >= 11 is 0. The average Bonchev–Trinajstić information content (AvgIpc) is 3.07. The van der Waals surface area contributed by atoms with Crippen molar-refractivity contribution >= 4 is 17.6 Å². The molecule has 8 atom stereocenters. The number of nitrogens with two attached hydrogens (primary N) is 1. The third kappa shape index (κ3) is 6.90. The molecule has 242 valence electrons. The molecule has 0 radical (unpaired) electrons. The molecule has 0 bridgehead atoms. The van der Waals surface area contributed by atoms with Crippen LogP contribution in [0.25, 0.3) is 0 Å². The minimum absolute atomic E-state index is 0.127. The first kappa shape index (κ1) is 33.0. The predicted molar refractivity (Wildman–Crippen MR) is 162 cm³/mol. The summed E-state index contributed by atoms with van der Waals surface area (Å²) in [4.78, 5) is 27.2. The molecular weight excluding hydrogens is 599 g/mol. The number of nitrogens with zero attached hydrogens (tertiary/aromatic N) is 1. The number of aliphatic hydroxyl groups is 4. The number of carbonyl (C=O) groups is 2. The Labute approximate surface area is 264 Å². The van der Waals surface area contributed by atoms with Crippen LogP contribution in [0.5, 0.6) is 5.75 Å². The van der Waals surface area contributed by atoms with E-state index in [4.69, 9.17) is 15.2 Å². The zero-order valence-corrected chi connectivity index (χ0v) is 24.9. The minimum Gasteiger partial charge on any atom is -0.467 e. The number of rotatable bonds is 9. The largest absolute Gasteiger partial charge is 0.467 e. The van der Waals surface area contributed by atoms with Crippen molar-refractivity contribution in [1.29, 1.82) is 0 Å². The van der Waals surface area contributed by atoms with Crippen molar-refractivity contribution in [3.8, 4) is 17.6 Å². The summed E-state index contributed by atoms with van der Waals surface area (Å²) in [5.74, 6) is 4.03. The standard InChI is InChI=1S/C34H35FN2O9/c1-44-33(43)31-29(40)28(39)30(41)34(46-31)45-24-14-8-21(9-15-24)27-25(16-17-26(38)20-6-10-22(35)11-7-20)32(42)37(27)23-12-4-19(5-13-23)3-2-18-36/h4-15,25-31,34,38-41H,16-18,36H2,1H3/t25-,26+,27-,28+,29+,30-,31+,34-/m1/s1. The van der Waals surface area contributed by atoms with Gasteiger partial charge in [-0.05, 0) is 72.5 Å². The number of aliphatic hydroxyl groups excluding tert-OH is 4. The SMILES string of the molecule is COC(=O)[C@H]1O[C@@H](Oc2ccc([C@@H]3[C@@H](CC[C@H](O)c4ccc(F)cc4)C(=O)N3c3ccc(C#CCN)cc3)cc2)[C@H](O)[C@@H](O)[C@@H]1O. The van der Waals surface area contributed by atoms with Crippen molar-refractivity contribution in [1.82, 2.24) is 0 Å². The number of halogens is 1. The molecule has 0 saturated carbocycles. The second kappa shape index (κ2) is 14.4. The summed E-state index contributed by atoms with van der Waals surface area (Å²) in [5.41, 5.74) is 8.19. The Hall–Kier alpha value is -4.35. The van der Waals surface area contributed by atoms with E-state index < -0.39 is 60.6 Å². The van der Waals surface area contributed by atoms with Crippen molar-refractivity contribution in [3.63, 3.8) is 0 Å². The highest BCUT2D eigenvalue weighted by Crippen LogP contribution is 2.46. The van der Waals surface area contributed by atoms with Crippen molar-refractivity contribution in [3.05, 3.63) is 95.3 Å². The van der Waals surface area contributed by atoms with E-state index in [1.54, 1.807) is 53.4 Å². The first-order valence-electron chi connectivity index (χ1n) is 14.7. The van der Waals surface area contributed by atoms with Gasteiger partial charge in [0.2, 0.25) is 12.2 Å². The van der Waals surface area contributed by atoms with Crippen LogP contribution in [0.1, 0.15) is 41.7 Å². The van der Waals surface area contributed by atoms with E-state index in [9.17, 15) is 34.4 Å². The van der Waals surface area contributed by atoms with Crippen molar-refractivity contribution < 1.29 is 48.6 Å². The molecule has 11 nitrogen and oxygen atoms in total. The first-order chi connectivity index (χ1) is 22.1. The fourth-order valence-corrected chi connectivity index (χ4v) is 5.68. The van der Waals surface area contributed by atoms with Crippen LogP contribution in [-0.4, -0.2) is 76.7 Å². The molecule has 0 aliphatic carbocycles. The number of β-lactam (4-membered cyclic amide) rings is 1. The van der Waals surface area contributed by atoms with Gasteiger partial charge in [0.25, 0.3) is 0 Å². The minimum atomic E-state index is -1.73. The Morgan fingerprint density at radius 3 is 2.30 bits per heavy atom. The van der Waals surface area contributed by atoms with Gasteiger partial charge in [-0.25, -0.2) is 9.18 Å². The van der Waals surface area contributed by atoms with Gasteiger partial charge in [-0.2, -0.15) is 0 Å². The number of carbonyl (C=O) groups excluding carboxylic acids is 2. The van der Waals surface area contributed by atoms with E-state index >= 15 is 0 Å². The Kier molecular flexibility index (Phi) is 10.3. The van der Waals surface area contributed by atoms with Crippen LogP contribution in [-0.2, 0) is 19.1 Å². The van der Waals surface area contributed by atoms with Gasteiger partial charge in [-0.1, -0.05) is 36.1 Å². The van der Waals surface area contributed by atoms with E-state index in [2.05, 4.69) is 16.6 Å². The van der Waals surface area contributed by atoms with E-state index in [0.29, 0.717) is 17.7 Å². The van der Waals surface area contributed by atoms with E-state index in [1.165, 1.54) is 24.3 Å². The number of hydrogen-bond acceptors (Lipinski definition) is 10. The molecule has 0 aromatic heterocycles. The fourth-order valence-electron chi connectivity index (χ4n) is 5.68. The zero-order chi connectivity index (χ0) is 33.0. The molecular formula is C34H35FN2O9. The van der Waals surface area contributed by atoms with Gasteiger partial charge in [0.15, 0.2) is 6.10 Å². The Morgan fingerprint density at radius 2 is 1.67 bits per heavy atom. The lowest BCUT2D eigenvalue weighted by molar-refractivity contribution is -0.271. The molecule has 12 heteroatoms. The molecule has 2 aliphatic heterocycles. The highest BCUT2D eigenvalue weighted by atomic mass is 19.1. The summed E-state index contributed by atoms with van der Waals surface area (Å²) in [6.07, 6.45) is -8.42. The first-order valence-corrected chi connectivity index (χ1v) is 14.7. The Morgan fingerprint density at radius 1 is 1.00 bits per heavy atom. The van der Waals surface area contributed by atoms with Gasteiger partial charge in [0.05, 0.1) is 31.7 Å². The highest BCUT2D eigenvalue weighted by Gasteiger charge is 2.50. The zero-order valence-electron chi connectivity index (χ0n) is 24.9. The highest BCUT2D eigenvalue weighted by molar-refractivity contribution is 6.03. The Bertz CT molecular complexity index is 1570.